The second kappa shape index (κ2) is 13.3. The molecule has 0 spiro atoms. The number of aliphatic hydroxyl groups is 1. The molecule has 1 aromatic carbocycles. The number of pyridine rings is 1. The molecule has 40 heavy (non-hydrogen) atoms. The van der Waals surface area contributed by atoms with Gasteiger partial charge in [0.1, 0.15) is 17.2 Å². The number of ether oxygens (including phenoxy) is 3. The number of anilines is 1. The lowest BCUT2D eigenvalue weighted by Gasteiger charge is -2.40. The lowest BCUT2D eigenvalue weighted by Crippen LogP contribution is -2.54. The molecule has 1 aromatic heterocycles. The van der Waals surface area contributed by atoms with Gasteiger partial charge in [-0.25, -0.2) is 9.78 Å². The van der Waals surface area contributed by atoms with E-state index in [9.17, 15) is 14.7 Å². The van der Waals surface area contributed by atoms with Crippen LogP contribution in [0.1, 0.15) is 74.4 Å². The number of hydrogen-bond acceptors (Lipinski definition) is 8. The third-order valence-electron chi connectivity index (χ3n) is 7.21. The monoisotopic (exact) mass is 554 g/mol. The van der Waals surface area contributed by atoms with Gasteiger partial charge in [0.15, 0.2) is 6.79 Å². The molecule has 2 amide bonds. The molecule has 10 nitrogen and oxygen atoms in total. The molecule has 1 saturated carbocycles. The minimum Gasteiger partial charge on any atom is -0.468 e. The number of carbonyl (C=O) groups is 2. The average molecular weight is 555 g/mol. The fraction of sp³-hybridized carbons (Fsp3) is 0.567. The van der Waals surface area contributed by atoms with Gasteiger partial charge in [0, 0.05) is 38.0 Å². The minimum absolute atomic E-state index is 0.0269. The number of aromatic nitrogens is 1. The molecule has 2 aromatic rings. The molecular weight excluding hydrogens is 512 g/mol. The highest BCUT2D eigenvalue weighted by molar-refractivity contribution is 5.94. The Morgan fingerprint density at radius 2 is 1.90 bits per heavy atom. The first-order valence-electron chi connectivity index (χ1n) is 14.0. The average Bonchev–Trinajstić information content (AvgIpc) is 2.93. The molecule has 0 bridgehead atoms. The highest BCUT2D eigenvalue weighted by atomic mass is 16.7. The summed E-state index contributed by atoms with van der Waals surface area (Å²) in [6.07, 6.45) is 6.34. The molecule has 0 unspecified atom stereocenters. The zero-order valence-electron chi connectivity index (χ0n) is 23.9. The maximum atomic E-state index is 13.2. The van der Waals surface area contributed by atoms with Crippen molar-refractivity contribution < 1.29 is 28.9 Å². The summed E-state index contributed by atoms with van der Waals surface area (Å²) in [5.74, 6) is 0.993. The van der Waals surface area contributed by atoms with Crippen LogP contribution < -0.4 is 15.4 Å². The zero-order valence-corrected chi connectivity index (χ0v) is 23.9. The molecular formula is C30H42N4O6. The summed E-state index contributed by atoms with van der Waals surface area (Å²) in [5, 5.41) is 17.5. The number of benzene rings is 1. The maximum absolute atomic E-state index is 13.2. The van der Waals surface area contributed by atoms with E-state index < -0.39 is 23.8 Å². The van der Waals surface area contributed by atoms with Crippen LogP contribution in [0, 0.1) is 0 Å². The summed E-state index contributed by atoms with van der Waals surface area (Å²) in [4.78, 5) is 32.1. The van der Waals surface area contributed by atoms with E-state index in [2.05, 4.69) is 15.6 Å². The lowest BCUT2D eigenvalue weighted by atomic mass is 9.91. The van der Waals surface area contributed by atoms with Gasteiger partial charge in [-0.05, 0) is 75.4 Å². The van der Waals surface area contributed by atoms with Crippen LogP contribution in [0.5, 0.6) is 5.75 Å². The first kappa shape index (κ1) is 29.6. The van der Waals surface area contributed by atoms with Crippen LogP contribution in [0.3, 0.4) is 0 Å². The van der Waals surface area contributed by atoms with E-state index in [4.69, 9.17) is 14.2 Å². The number of fused-ring (bicyclic) bond motifs is 1. The Morgan fingerprint density at radius 1 is 1.12 bits per heavy atom. The summed E-state index contributed by atoms with van der Waals surface area (Å²) in [7, 11) is 1.55. The smallest absolute Gasteiger partial charge is 0.410 e. The number of nitrogens with one attached hydrogen (secondary N) is 2. The van der Waals surface area contributed by atoms with Crippen molar-refractivity contribution >= 4 is 17.8 Å². The Balaban J connectivity index is 1.43. The largest absolute Gasteiger partial charge is 0.468 e. The summed E-state index contributed by atoms with van der Waals surface area (Å²) in [6, 6.07) is 8.83. The predicted octanol–water partition coefficient (Wildman–Crippen LogP) is 4.26. The second-order valence-corrected chi connectivity index (χ2v) is 11.5. The highest BCUT2D eigenvalue weighted by Gasteiger charge is 2.37. The standard InChI is InChI=1S/C30H42N4O6/c1-30(2,3)40-29(37)34-18-22-14-24(39-19-38-4)11-10-20(22)15-25(34)26(35)17-32-28(36)21-12-13-31-27(16-21)33-23-8-6-5-7-9-23/h10-14,16,23,25-26,35H,5-9,15,17-19H2,1-4H3,(H,31,33)(H,32,36)/t25-,26+/m0/s1. The third-order valence-corrected chi connectivity index (χ3v) is 7.21. The molecule has 1 fully saturated rings. The fourth-order valence-electron chi connectivity index (χ4n) is 5.21. The lowest BCUT2D eigenvalue weighted by molar-refractivity contribution is -0.0114. The van der Waals surface area contributed by atoms with E-state index in [0.29, 0.717) is 29.6 Å². The van der Waals surface area contributed by atoms with Gasteiger partial charge in [0.2, 0.25) is 0 Å². The summed E-state index contributed by atoms with van der Waals surface area (Å²) >= 11 is 0. The molecule has 0 radical (unpaired) electrons. The molecule has 10 heteroatoms. The van der Waals surface area contributed by atoms with E-state index in [1.807, 2.05) is 18.2 Å². The van der Waals surface area contributed by atoms with Gasteiger partial charge >= 0.3 is 6.09 Å². The van der Waals surface area contributed by atoms with Crippen LogP contribution in [-0.2, 0) is 22.4 Å². The van der Waals surface area contributed by atoms with Crippen molar-refractivity contribution in [1.29, 1.82) is 0 Å². The van der Waals surface area contributed by atoms with Crippen LogP contribution in [-0.4, -0.2) is 71.2 Å². The number of amides is 2. The number of rotatable bonds is 9. The summed E-state index contributed by atoms with van der Waals surface area (Å²) in [5.41, 5.74) is 1.66. The van der Waals surface area contributed by atoms with E-state index in [1.54, 1.807) is 46.2 Å². The van der Waals surface area contributed by atoms with E-state index in [0.717, 1.165) is 24.0 Å². The maximum Gasteiger partial charge on any atom is 0.410 e. The van der Waals surface area contributed by atoms with E-state index in [1.165, 1.54) is 24.2 Å². The molecule has 2 heterocycles. The quantitative estimate of drug-likeness (QED) is 0.393. The normalized spacial score (nSPS) is 18.4. The molecule has 0 saturated heterocycles. The fourth-order valence-corrected chi connectivity index (χ4v) is 5.21. The van der Waals surface area contributed by atoms with Gasteiger partial charge in [-0.15, -0.1) is 0 Å². The van der Waals surface area contributed by atoms with Crippen molar-refractivity contribution in [2.45, 2.75) is 89.6 Å². The molecule has 3 N–H and O–H groups in total. The highest BCUT2D eigenvalue weighted by Crippen LogP contribution is 2.30. The van der Waals surface area contributed by atoms with Gasteiger partial charge in [-0.1, -0.05) is 25.3 Å². The van der Waals surface area contributed by atoms with Crippen LogP contribution in [0.4, 0.5) is 10.6 Å². The Labute approximate surface area is 236 Å². The SMILES string of the molecule is COCOc1ccc2c(c1)CN(C(=O)OC(C)(C)C)[C@H]([C@H](O)CNC(=O)c1ccnc(NC3CCCCC3)c1)C2. The molecule has 1 aliphatic heterocycles. The summed E-state index contributed by atoms with van der Waals surface area (Å²) < 4.78 is 16.2. The van der Waals surface area contributed by atoms with Gasteiger partial charge in [-0.3, -0.25) is 9.69 Å². The first-order valence-corrected chi connectivity index (χ1v) is 14.0. The topological polar surface area (TPSA) is 122 Å². The minimum atomic E-state index is -1.02. The molecule has 1 aliphatic carbocycles. The van der Waals surface area contributed by atoms with Crippen LogP contribution in [0.2, 0.25) is 0 Å². The van der Waals surface area contributed by atoms with Crippen molar-refractivity contribution in [3.63, 3.8) is 0 Å². The molecule has 4 rings (SSSR count). The van der Waals surface area contributed by atoms with Crippen molar-refractivity contribution in [1.82, 2.24) is 15.2 Å². The Hall–Kier alpha value is -3.37. The van der Waals surface area contributed by atoms with Crippen LogP contribution in [0.15, 0.2) is 36.5 Å². The summed E-state index contributed by atoms with van der Waals surface area (Å²) in [6.45, 7) is 5.74. The Kier molecular flexibility index (Phi) is 9.86. The van der Waals surface area contributed by atoms with Crippen molar-refractivity contribution in [3.05, 3.63) is 53.2 Å². The van der Waals surface area contributed by atoms with E-state index in [-0.39, 0.29) is 25.8 Å². The third kappa shape index (κ3) is 8.08. The van der Waals surface area contributed by atoms with Gasteiger partial charge in [-0.2, -0.15) is 0 Å². The van der Waals surface area contributed by atoms with Crippen LogP contribution in [0.25, 0.3) is 0 Å². The molecule has 2 atom stereocenters. The van der Waals surface area contributed by atoms with Crippen molar-refractivity contribution in [3.8, 4) is 5.75 Å². The van der Waals surface area contributed by atoms with Crippen molar-refractivity contribution in [2.75, 3.05) is 25.8 Å². The number of methoxy groups -OCH3 is 1. The Bertz CT molecular complexity index is 1160. The zero-order chi connectivity index (χ0) is 28.7. The number of hydrogen-bond donors (Lipinski definition) is 3. The number of carbonyl (C=O) groups excluding carboxylic acids is 2. The van der Waals surface area contributed by atoms with E-state index >= 15 is 0 Å². The molecule has 2 aliphatic rings. The van der Waals surface area contributed by atoms with Crippen molar-refractivity contribution in [2.24, 2.45) is 0 Å². The first-order chi connectivity index (χ1) is 19.1. The van der Waals surface area contributed by atoms with Crippen LogP contribution >= 0.6 is 0 Å². The predicted molar refractivity (Wildman–Crippen MR) is 151 cm³/mol. The van der Waals surface area contributed by atoms with Gasteiger partial charge in [0.25, 0.3) is 5.91 Å². The van der Waals surface area contributed by atoms with Gasteiger partial charge in [0.05, 0.1) is 12.1 Å². The van der Waals surface area contributed by atoms with Gasteiger partial charge < -0.3 is 30.0 Å². The molecule has 218 valence electrons. The Morgan fingerprint density at radius 3 is 2.62 bits per heavy atom. The number of aliphatic hydroxyl groups excluding tert-OH is 1. The number of nitrogens with zero attached hydrogens (tertiary/aromatic N) is 2. The second-order valence-electron chi connectivity index (χ2n) is 11.5.